The number of aromatic nitrogens is 9. The molecular formula is C27H26N10. The smallest absolute Gasteiger partial charge is 0.181 e. The number of pyridine rings is 3. The summed E-state index contributed by atoms with van der Waals surface area (Å²) in [6, 6.07) is 4.32. The molecule has 1 aliphatic heterocycles. The van der Waals surface area contributed by atoms with Crippen molar-refractivity contribution in [1.82, 2.24) is 49.6 Å². The van der Waals surface area contributed by atoms with E-state index < -0.39 is 0 Å². The van der Waals surface area contributed by atoms with E-state index in [-0.39, 0.29) is 0 Å². The van der Waals surface area contributed by atoms with Crippen molar-refractivity contribution in [3.05, 3.63) is 66.9 Å². The van der Waals surface area contributed by atoms with E-state index in [1.54, 1.807) is 18.7 Å². The molecule has 6 aromatic rings. The minimum absolute atomic E-state index is 0.639. The number of hydrogen-bond acceptors (Lipinski definition) is 7. The van der Waals surface area contributed by atoms with Crippen LogP contribution in [-0.2, 0) is 6.54 Å². The first-order valence-electron chi connectivity index (χ1n) is 12.6. The maximum Gasteiger partial charge on any atom is 0.181 e. The summed E-state index contributed by atoms with van der Waals surface area (Å²) in [5.74, 6) is 0.680. The number of imidazole rings is 2. The second-order valence-corrected chi connectivity index (χ2v) is 9.67. The van der Waals surface area contributed by atoms with E-state index in [9.17, 15) is 0 Å². The third-order valence-corrected chi connectivity index (χ3v) is 6.99. The Kier molecular flexibility index (Phi) is 5.24. The van der Waals surface area contributed by atoms with Crippen molar-refractivity contribution in [1.29, 1.82) is 0 Å². The molecule has 7 heterocycles. The number of aromatic amines is 2. The van der Waals surface area contributed by atoms with Crippen molar-refractivity contribution < 1.29 is 0 Å². The minimum atomic E-state index is 0.639. The van der Waals surface area contributed by atoms with Crippen molar-refractivity contribution in [3.63, 3.8) is 0 Å². The van der Waals surface area contributed by atoms with Crippen LogP contribution in [0.4, 0.5) is 0 Å². The lowest BCUT2D eigenvalue weighted by Gasteiger charge is -2.26. The molecule has 2 N–H and O–H groups in total. The largest absolute Gasteiger partial charge is 0.335 e. The first kappa shape index (κ1) is 21.8. The van der Waals surface area contributed by atoms with Crippen LogP contribution in [0.15, 0.2) is 55.6 Å². The molecule has 37 heavy (non-hydrogen) atoms. The fraction of sp³-hybridized carbons (Fsp3) is 0.259. The number of likely N-dealkylation sites (tertiary alicyclic amines) is 1. The number of piperidine rings is 1. The Hall–Kier alpha value is -4.44. The zero-order chi connectivity index (χ0) is 24.8. The molecule has 0 aromatic carbocycles. The molecule has 10 nitrogen and oxygen atoms in total. The van der Waals surface area contributed by atoms with E-state index >= 15 is 0 Å². The summed E-state index contributed by atoms with van der Waals surface area (Å²) in [6.45, 7) is 5.20. The molecule has 0 spiro atoms. The number of hydrogen-bond donors (Lipinski definition) is 2. The predicted molar refractivity (Wildman–Crippen MR) is 141 cm³/mol. The number of nitrogens with zero attached hydrogens (tertiary/aromatic N) is 8. The number of aryl methyl sites for hydroxylation is 1. The van der Waals surface area contributed by atoms with Gasteiger partial charge >= 0.3 is 0 Å². The van der Waals surface area contributed by atoms with Gasteiger partial charge in [-0.25, -0.2) is 15.0 Å². The van der Waals surface area contributed by atoms with Crippen molar-refractivity contribution >= 4 is 22.1 Å². The molecule has 0 amide bonds. The Bertz CT molecular complexity index is 1720. The number of rotatable bonds is 5. The van der Waals surface area contributed by atoms with Crippen molar-refractivity contribution in [2.75, 3.05) is 13.1 Å². The lowest BCUT2D eigenvalue weighted by atomic mass is 10.1. The lowest BCUT2D eigenvalue weighted by Crippen LogP contribution is -2.29. The van der Waals surface area contributed by atoms with E-state index in [1.807, 2.05) is 36.3 Å². The molecule has 0 atom stereocenters. The SMILES string of the molecule is Cc1cn(-c2cncc3[nH]c(-c4[nH]nc5ncc(-c6cncc(CN7CCCCC7)c6)cc45)nc23)cn1. The van der Waals surface area contributed by atoms with Gasteiger partial charge in [-0.2, -0.15) is 5.10 Å². The highest BCUT2D eigenvalue weighted by Gasteiger charge is 2.17. The topological polar surface area (TPSA) is 117 Å². The van der Waals surface area contributed by atoms with Gasteiger partial charge in [0.25, 0.3) is 0 Å². The van der Waals surface area contributed by atoms with E-state index in [4.69, 9.17) is 4.98 Å². The first-order valence-corrected chi connectivity index (χ1v) is 12.6. The first-order chi connectivity index (χ1) is 18.2. The monoisotopic (exact) mass is 490 g/mol. The summed E-state index contributed by atoms with van der Waals surface area (Å²) in [4.78, 5) is 28.7. The molecule has 1 saturated heterocycles. The Labute approximate surface area is 212 Å². The summed E-state index contributed by atoms with van der Waals surface area (Å²) in [5.41, 5.74) is 8.12. The predicted octanol–water partition coefficient (Wildman–Crippen LogP) is 4.44. The summed E-state index contributed by atoms with van der Waals surface area (Å²) < 4.78 is 1.93. The summed E-state index contributed by atoms with van der Waals surface area (Å²) >= 11 is 0. The number of fused-ring (bicyclic) bond motifs is 2. The van der Waals surface area contributed by atoms with Crippen molar-refractivity contribution in [2.24, 2.45) is 0 Å². The second-order valence-electron chi connectivity index (χ2n) is 9.67. The third-order valence-electron chi connectivity index (χ3n) is 6.99. The zero-order valence-corrected chi connectivity index (χ0v) is 20.5. The quantitative estimate of drug-likeness (QED) is 0.367. The molecule has 1 aliphatic rings. The molecule has 6 aromatic heterocycles. The van der Waals surface area contributed by atoms with Gasteiger partial charge < -0.3 is 9.55 Å². The van der Waals surface area contributed by atoms with Gasteiger partial charge in [-0.05, 0) is 50.6 Å². The van der Waals surface area contributed by atoms with E-state index in [0.29, 0.717) is 11.5 Å². The van der Waals surface area contributed by atoms with Gasteiger partial charge in [0.15, 0.2) is 11.5 Å². The van der Waals surface area contributed by atoms with Crippen LogP contribution >= 0.6 is 0 Å². The molecule has 1 fully saturated rings. The van der Waals surface area contributed by atoms with Gasteiger partial charge in [0.05, 0.1) is 41.0 Å². The van der Waals surface area contributed by atoms with E-state index in [0.717, 1.165) is 64.3 Å². The highest BCUT2D eigenvalue weighted by molar-refractivity contribution is 5.94. The summed E-state index contributed by atoms with van der Waals surface area (Å²) in [5, 5.41) is 8.45. The molecular weight excluding hydrogens is 464 g/mol. The van der Waals surface area contributed by atoms with Crippen LogP contribution in [0, 0.1) is 6.92 Å². The third kappa shape index (κ3) is 4.05. The average molecular weight is 491 g/mol. The highest BCUT2D eigenvalue weighted by Crippen LogP contribution is 2.30. The molecule has 0 aliphatic carbocycles. The standard InChI is InChI=1S/C27H26N10/c1-17-14-37(16-31-17)23-13-29-12-22-25(23)33-27(32-22)24-21-8-20(11-30-26(21)35-34-24)19-7-18(9-28-10-19)15-36-5-3-2-4-6-36/h7-14,16H,2-6,15H2,1H3,(H,32,33)(H,30,34,35). The van der Waals surface area contributed by atoms with Crippen LogP contribution in [0.25, 0.3) is 50.4 Å². The van der Waals surface area contributed by atoms with Gasteiger partial charge in [0, 0.05) is 42.5 Å². The van der Waals surface area contributed by atoms with E-state index in [1.165, 1.54) is 24.8 Å². The Morgan fingerprint density at radius 2 is 1.78 bits per heavy atom. The Balaban J connectivity index is 1.26. The highest BCUT2D eigenvalue weighted by atomic mass is 15.2. The fourth-order valence-electron chi connectivity index (χ4n) is 5.12. The normalized spacial score (nSPS) is 14.6. The maximum atomic E-state index is 4.91. The number of H-pyrrole nitrogens is 2. The second kappa shape index (κ2) is 8.90. The van der Waals surface area contributed by atoms with Gasteiger partial charge in [-0.1, -0.05) is 6.42 Å². The number of nitrogens with one attached hydrogen (secondary N) is 2. The van der Waals surface area contributed by atoms with Gasteiger partial charge in [-0.15, -0.1) is 0 Å². The van der Waals surface area contributed by atoms with Crippen LogP contribution in [0.2, 0.25) is 0 Å². The summed E-state index contributed by atoms with van der Waals surface area (Å²) in [6.07, 6.45) is 16.9. The molecule has 7 rings (SSSR count). The van der Waals surface area contributed by atoms with Crippen LogP contribution in [0.3, 0.4) is 0 Å². The average Bonchev–Trinajstić information content (AvgIpc) is 3.66. The molecule has 184 valence electrons. The zero-order valence-electron chi connectivity index (χ0n) is 20.5. The molecule has 0 radical (unpaired) electrons. The van der Waals surface area contributed by atoms with Crippen LogP contribution in [-0.4, -0.2) is 62.7 Å². The fourth-order valence-corrected chi connectivity index (χ4v) is 5.12. The van der Waals surface area contributed by atoms with Gasteiger partial charge in [-0.3, -0.25) is 20.0 Å². The Morgan fingerprint density at radius 1 is 0.919 bits per heavy atom. The van der Waals surface area contributed by atoms with Crippen LogP contribution in [0.5, 0.6) is 0 Å². The van der Waals surface area contributed by atoms with Crippen molar-refractivity contribution in [3.8, 4) is 28.3 Å². The van der Waals surface area contributed by atoms with Crippen LogP contribution in [0.1, 0.15) is 30.5 Å². The molecule has 0 unspecified atom stereocenters. The minimum Gasteiger partial charge on any atom is -0.335 e. The maximum absolute atomic E-state index is 4.91. The lowest BCUT2D eigenvalue weighted by molar-refractivity contribution is 0.220. The van der Waals surface area contributed by atoms with Crippen molar-refractivity contribution in [2.45, 2.75) is 32.7 Å². The van der Waals surface area contributed by atoms with Crippen LogP contribution < -0.4 is 0 Å². The molecule has 10 heteroatoms. The molecule has 0 bridgehead atoms. The van der Waals surface area contributed by atoms with Gasteiger partial charge in [0.2, 0.25) is 0 Å². The molecule has 0 saturated carbocycles. The van der Waals surface area contributed by atoms with E-state index in [2.05, 4.69) is 52.1 Å². The summed E-state index contributed by atoms with van der Waals surface area (Å²) in [7, 11) is 0. The van der Waals surface area contributed by atoms with Gasteiger partial charge in [0.1, 0.15) is 11.2 Å². The Morgan fingerprint density at radius 3 is 2.65 bits per heavy atom.